The molecule has 1 aliphatic rings. The molecule has 0 aliphatic heterocycles. The van der Waals surface area contributed by atoms with E-state index in [0.29, 0.717) is 5.41 Å². The lowest BCUT2D eigenvalue weighted by molar-refractivity contribution is 0.308. The van der Waals surface area contributed by atoms with Crippen LogP contribution < -0.4 is 5.32 Å². The highest BCUT2D eigenvalue weighted by molar-refractivity contribution is 4.89. The maximum atomic E-state index is 5.16. The first-order chi connectivity index (χ1) is 6.79. The number of rotatable bonds is 4. The minimum atomic E-state index is 0.514. The summed E-state index contributed by atoms with van der Waals surface area (Å²) in [6.07, 6.45) is 8.74. The van der Waals surface area contributed by atoms with Crippen molar-refractivity contribution in [1.29, 1.82) is 0 Å². The van der Waals surface area contributed by atoms with Gasteiger partial charge in [-0.3, -0.25) is 0 Å². The van der Waals surface area contributed by atoms with E-state index < -0.39 is 0 Å². The van der Waals surface area contributed by atoms with Crippen LogP contribution in [0.5, 0.6) is 0 Å². The Morgan fingerprint density at radius 2 is 2.29 bits per heavy atom. The van der Waals surface area contributed by atoms with Gasteiger partial charge in [0.2, 0.25) is 0 Å². The smallest absolute Gasteiger partial charge is 0.180 e. The monoisotopic (exact) mass is 194 g/mol. The Balaban J connectivity index is 1.72. The summed E-state index contributed by atoms with van der Waals surface area (Å²) in [6.45, 7) is 4.26. The van der Waals surface area contributed by atoms with Gasteiger partial charge in [0.25, 0.3) is 0 Å². The van der Waals surface area contributed by atoms with Crippen LogP contribution in [0.1, 0.15) is 38.4 Å². The fourth-order valence-corrected chi connectivity index (χ4v) is 2.22. The van der Waals surface area contributed by atoms with Gasteiger partial charge in [-0.1, -0.05) is 19.8 Å². The number of aromatic nitrogens is 1. The molecule has 1 aliphatic carbocycles. The van der Waals surface area contributed by atoms with Crippen LogP contribution in [0.4, 0.5) is 0 Å². The molecule has 1 fully saturated rings. The Hall–Kier alpha value is -0.830. The number of oxazole rings is 1. The quantitative estimate of drug-likeness (QED) is 0.799. The van der Waals surface area contributed by atoms with E-state index in [1.807, 2.05) is 0 Å². The van der Waals surface area contributed by atoms with Crippen LogP contribution in [0.15, 0.2) is 17.0 Å². The first kappa shape index (κ1) is 9.71. The molecule has 1 aromatic rings. The highest BCUT2D eigenvalue weighted by Gasteiger charge is 2.27. The Morgan fingerprint density at radius 1 is 1.50 bits per heavy atom. The van der Waals surface area contributed by atoms with Gasteiger partial charge in [0.15, 0.2) is 6.39 Å². The van der Waals surface area contributed by atoms with E-state index in [4.69, 9.17) is 4.42 Å². The van der Waals surface area contributed by atoms with Crippen molar-refractivity contribution in [3.63, 3.8) is 0 Å². The molecule has 0 radical (unpaired) electrons. The van der Waals surface area contributed by atoms with Crippen molar-refractivity contribution in [3.05, 3.63) is 18.4 Å². The highest BCUT2D eigenvalue weighted by Crippen LogP contribution is 2.36. The van der Waals surface area contributed by atoms with Gasteiger partial charge in [-0.05, 0) is 18.3 Å². The second kappa shape index (κ2) is 4.13. The molecule has 0 saturated heterocycles. The van der Waals surface area contributed by atoms with Crippen molar-refractivity contribution in [1.82, 2.24) is 10.3 Å². The summed E-state index contributed by atoms with van der Waals surface area (Å²) in [7, 11) is 0. The van der Waals surface area contributed by atoms with Gasteiger partial charge < -0.3 is 9.73 Å². The summed E-state index contributed by atoms with van der Waals surface area (Å²) in [4.78, 5) is 3.88. The fourth-order valence-electron chi connectivity index (χ4n) is 2.22. The zero-order valence-corrected chi connectivity index (χ0v) is 8.75. The number of nitrogens with zero attached hydrogens (tertiary/aromatic N) is 1. The molecule has 3 nitrogen and oxygen atoms in total. The third kappa shape index (κ3) is 2.35. The van der Waals surface area contributed by atoms with Crippen LogP contribution in [0.3, 0.4) is 0 Å². The van der Waals surface area contributed by atoms with Crippen LogP contribution in [0.25, 0.3) is 0 Å². The van der Waals surface area contributed by atoms with E-state index in [9.17, 15) is 0 Å². The van der Waals surface area contributed by atoms with Gasteiger partial charge in [-0.15, -0.1) is 0 Å². The molecular formula is C11H18N2O. The zero-order valence-electron chi connectivity index (χ0n) is 8.75. The number of nitrogens with one attached hydrogen (secondary N) is 1. The summed E-state index contributed by atoms with van der Waals surface area (Å²) < 4.78 is 5.16. The van der Waals surface area contributed by atoms with Crippen LogP contribution in [0, 0.1) is 5.41 Å². The van der Waals surface area contributed by atoms with Crippen LogP contribution in [0.2, 0.25) is 0 Å². The molecule has 1 N–H and O–H groups in total. The van der Waals surface area contributed by atoms with Gasteiger partial charge in [0.1, 0.15) is 5.76 Å². The Labute approximate surface area is 84.9 Å². The summed E-state index contributed by atoms with van der Waals surface area (Å²) in [5, 5.41) is 3.44. The van der Waals surface area contributed by atoms with Crippen molar-refractivity contribution < 1.29 is 4.42 Å². The molecular weight excluding hydrogens is 176 g/mol. The van der Waals surface area contributed by atoms with E-state index in [1.165, 1.54) is 32.1 Å². The van der Waals surface area contributed by atoms with Crippen molar-refractivity contribution in [2.75, 3.05) is 6.54 Å². The second-order valence-corrected chi connectivity index (χ2v) is 4.59. The molecule has 14 heavy (non-hydrogen) atoms. The minimum Gasteiger partial charge on any atom is -0.447 e. The SMILES string of the molecule is CC1(CNCc2cnco2)CCCC1. The molecule has 0 unspecified atom stereocenters. The lowest BCUT2D eigenvalue weighted by Gasteiger charge is -2.23. The van der Waals surface area contributed by atoms with Gasteiger partial charge in [0.05, 0.1) is 12.7 Å². The largest absolute Gasteiger partial charge is 0.447 e. The molecule has 0 aromatic carbocycles. The normalized spacial score (nSPS) is 20.1. The number of hydrogen-bond donors (Lipinski definition) is 1. The molecule has 1 aromatic heterocycles. The van der Waals surface area contributed by atoms with Gasteiger partial charge in [0, 0.05) is 6.54 Å². The highest BCUT2D eigenvalue weighted by atomic mass is 16.3. The Kier molecular flexibility index (Phi) is 2.87. The third-order valence-corrected chi connectivity index (χ3v) is 3.15. The van der Waals surface area contributed by atoms with Gasteiger partial charge >= 0.3 is 0 Å². The van der Waals surface area contributed by atoms with Crippen LogP contribution in [-0.4, -0.2) is 11.5 Å². The van der Waals surface area contributed by atoms with Crippen molar-refractivity contribution in [2.45, 2.75) is 39.2 Å². The molecule has 1 saturated carbocycles. The zero-order chi connectivity index (χ0) is 9.86. The first-order valence-corrected chi connectivity index (χ1v) is 5.37. The molecule has 2 rings (SSSR count). The van der Waals surface area contributed by atoms with Crippen molar-refractivity contribution >= 4 is 0 Å². The average molecular weight is 194 g/mol. The van der Waals surface area contributed by atoms with Crippen LogP contribution >= 0.6 is 0 Å². The molecule has 0 bridgehead atoms. The second-order valence-electron chi connectivity index (χ2n) is 4.59. The van der Waals surface area contributed by atoms with Crippen LogP contribution in [-0.2, 0) is 6.54 Å². The predicted molar refractivity (Wildman–Crippen MR) is 54.8 cm³/mol. The molecule has 0 spiro atoms. The van der Waals surface area contributed by atoms with Crippen molar-refractivity contribution in [2.24, 2.45) is 5.41 Å². The molecule has 1 heterocycles. The Morgan fingerprint density at radius 3 is 2.93 bits per heavy atom. The first-order valence-electron chi connectivity index (χ1n) is 5.37. The number of hydrogen-bond acceptors (Lipinski definition) is 3. The topological polar surface area (TPSA) is 38.1 Å². The predicted octanol–water partition coefficient (Wildman–Crippen LogP) is 2.34. The van der Waals surface area contributed by atoms with E-state index in [0.717, 1.165) is 18.8 Å². The standard InChI is InChI=1S/C11H18N2O/c1-11(4-2-3-5-11)8-12-6-10-7-13-9-14-10/h7,9,12H,2-6,8H2,1H3. The maximum Gasteiger partial charge on any atom is 0.180 e. The molecule has 0 atom stereocenters. The third-order valence-electron chi connectivity index (χ3n) is 3.15. The summed E-state index contributed by atoms with van der Waals surface area (Å²) in [5.41, 5.74) is 0.514. The Bertz CT molecular complexity index is 263. The van der Waals surface area contributed by atoms with Gasteiger partial charge in [-0.2, -0.15) is 0 Å². The summed E-state index contributed by atoms with van der Waals surface area (Å²) in [6, 6.07) is 0. The lowest BCUT2D eigenvalue weighted by Crippen LogP contribution is -2.28. The molecule has 78 valence electrons. The minimum absolute atomic E-state index is 0.514. The summed E-state index contributed by atoms with van der Waals surface area (Å²) in [5.74, 6) is 0.923. The maximum absolute atomic E-state index is 5.16. The van der Waals surface area contributed by atoms with E-state index in [-0.39, 0.29) is 0 Å². The van der Waals surface area contributed by atoms with E-state index in [2.05, 4.69) is 17.2 Å². The van der Waals surface area contributed by atoms with Crippen molar-refractivity contribution in [3.8, 4) is 0 Å². The molecule has 3 heteroatoms. The lowest BCUT2D eigenvalue weighted by atomic mass is 9.89. The summed E-state index contributed by atoms with van der Waals surface area (Å²) >= 11 is 0. The van der Waals surface area contributed by atoms with E-state index >= 15 is 0 Å². The van der Waals surface area contributed by atoms with E-state index in [1.54, 1.807) is 6.20 Å². The average Bonchev–Trinajstić information content (AvgIpc) is 2.77. The molecule has 0 amide bonds. The fraction of sp³-hybridized carbons (Fsp3) is 0.727. The van der Waals surface area contributed by atoms with Gasteiger partial charge in [-0.25, -0.2) is 4.98 Å².